The third-order valence-corrected chi connectivity index (χ3v) is 5.05. The van der Waals surface area contributed by atoms with Crippen molar-refractivity contribution in [1.82, 2.24) is 4.31 Å². The topological polar surface area (TPSA) is 66.5 Å². The Balaban J connectivity index is 1.99. The first-order chi connectivity index (χ1) is 11.7. The van der Waals surface area contributed by atoms with E-state index in [9.17, 15) is 13.2 Å². The molecular weight excluding hydrogens is 336 g/mol. The van der Waals surface area contributed by atoms with Crippen molar-refractivity contribution in [3.63, 3.8) is 0 Å². The van der Waals surface area contributed by atoms with Gasteiger partial charge in [-0.15, -0.1) is 0 Å². The molecule has 0 fully saturated rings. The molecule has 0 spiro atoms. The van der Waals surface area contributed by atoms with E-state index in [1.165, 1.54) is 10.6 Å². The SMILES string of the molecule is Cc1cccc(CN(CCC(=O)Nc2cccc(C)c2)S(C)(=O)=O)c1. The summed E-state index contributed by atoms with van der Waals surface area (Å²) >= 11 is 0. The van der Waals surface area contributed by atoms with Gasteiger partial charge in [0.2, 0.25) is 15.9 Å². The Bertz CT molecular complexity index is 847. The summed E-state index contributed by atoms with van der Waals surface area (Å²) in [6, 6.07) is 15.2. The number of carbonyl (C=O) groups is 1. The van der Waals surface area contributed by atoms with Crippen LogP contribution < -0.4 is 5.32 Å². The van der Waals surface area contributed by atoms with Gasteiger partial charge in [-0.1, -0.05) is 42.0 Å². The average molecular weight is 360 g/mol. The molecule has 0 bridgehead atoms. The molecule has 25 heavy (non-hydrogen) atoms. The zero-order valence-corrected chi connectivity index (χ0v) is 15.6. The molecule has 1 amide bonds. The van der Waals surface area contributed by atoms with E-state index < -0.39 is 10.0 Å². The molecule has 134 valence electrons. The van der Waals surface area contributed by atoms with E-state index in [-0.39, 0.29) is 25.4 Å². The van der Waals surface area contributed by atoms with E-state index in [0.717, 1.165) is 22.4 Å². The van der Waals surface area contributed by atoms with Crippen LogP contribution in [0.3, 0.4) is 0 Å². The van der Waals surface area contributed by atoms with Gasteiger partial charge in [0.25, 0.3) is 0 Å². The maximum Gasteiger partial charge on any atom is 0.225 e. The van der Waals surface area contributed by atoms with Crippen LogP contribution in [0.5, 0.6) is 0 Å². The van der Waals surface area contributed by atoms with Crippen molar-refractivity contribution in [3.05, 3.63) is 65.2 Å². The second-order valence-corrected chi connectivity index (χ2v) is 8.24. The van der Waals surface area contributed by atoms with Gasteiger partial charge >= 0.3 is 0 Å². The molecule has 0 aliphatic carbocycles. The lowest BCUT2D eigenvalue weighted by Gasteiger charge is -2.20. The third-order valence-electron chi connectivity index (χ3n) is 3.80. The first-order valence-electron chi connectivity index (χ1n) is 8.11. The average Bonchev–Trinajstić information content (AvgIpc) is 2.50. The lowest BCUT2D eigenvalue weighted by Crippen LogP contribution is -2.32. The van der Waals surface area contributed by atoms with Crippen LogP contribution in [-0.2, 0) is 21.4 Å². The number of sulfonamides is 1. The van der Waals surface area contributed by atoms with Crippen LogP contribution in [-0.4, -0.2) is 31.4 Å². The highest BCUT2D eigenvalue weighted by molar-refractivity contribution is 7.88. The van der Waals surface area contributed by atoms with Crippen molar-refractivity contribution >= 4 is 21.6 Å². The van der Waals surface area contributed by atoms with Crippen LogP contribution in [0.25, 0.3) is 0 Å². The summed E-state index contributed by atoms with van der Waals surface area (Å²) < 4.78 is 25.4. The second kappa shape index (κ2) is 8.27. The van der Waals surface area contributed by atoms with Crippen LogP contribution in [0.2, 0.25) is 0 Å². The monoisotopic (exact) mass is 360 g/mol. The Kier molecular flexibility index (Phi) is 6.33. The highest BCUT2D eigenvalue weighted by atomic mass is 32.2. The van der Waals surface area contributed by atoms with Gasteiger partial charge in [-0.3, -0.25) is 4.79 Å². The van der Waals surface area contributed by atoms with Gasteiger partial charge in [0.1, 0.15) is 0 Å². The molecule has 6 heteroatoms. The van der Waals surface area contributed by atoms with Gasteiger partial charge in [0.05, 0.1) is 6.26 Å². The van der Waals surface area contributed by atoms with E-state index in [1.54, 1.807) is 0 Å². The Hall–Kier alpha value is -2.18. The number of aryl methyl sites for hydroxylation is 2. The lowest BCUT2D eigenvalue weighted by molar-refractivity contribution is -0.116. The fraction of sp³-hybridized carbons (Fsp3) is 0.316. The van der Waals surface area contributed by atoms with E-state index in [1.807, 2.05) is 62.4 Å². The number of hydrogen-bond donors (Lipinski definition) is 1. The largest absolute Gasteiger partial charge is 0.326 e. The Morgan fingerprint density at radius 1 is 1.04 bits per heavy atom. The van der Waals surface area contributed by atoms with Gasteiger partial charge in [0.15, 0.2) is 0 Å². The lowest BCUT2D eigenvalue weighted by atomic mass is 10.1. The van der Waals surface area contributed by atoms with Gasteiger partial charge in [-0.2, -0.15) is 4.31 Å². The molecular formula is C19H24N2O3S. The summed E-state index contributed by atoms with van der Waals surface area (Å²) in [4.78, 5) is 12.1. The molecule has 0 saturated carbocycles. The van der Waals surface area contributed by atoms with Crippen LogP contribution in [0.15, 0.2) is 48.5 Å². The molecule has 0 aromatic heterocycles. The van der Waals surface area contributed by atoms with Crippen LogP contribution in [0.4, 0.5) is 5.69 Å². The summed E-state index contributed by atoms with van der Waals surface area (Å²) in [6.45, 7) is 4.31. The smallest absolute Gasteiger partial charge is 0.225 e. The molecule has 0 heterocycles. The zero-order chi connectivity index (χ0) is 18.4. The second-order valence-electron chi connectivity index (χ2n) is 6.25. The van der Waals surface area contributed by atoms with E-state index >= 15 is 0 Å². The van der Waals surface area contributed by atoms with Crippen molar-refractivity contribution in [2.24, 2.45) is 0 Å². The fourth-order valence-corrected chi connectivity index (χ4v) is 3.36. The predicted octanol–water partition coefficient (Wildman–Crippen LogP) is 3.09. The van der Waals surface area contributed by atoms with Crippen molar-refractivity contribution in [3.8, 4) is 0 Å². The van der Waals surface area contributed by atoms with Gasteiger partial charge < -0.3 is 5.32 Å². The van der Waals surface area contributed by atoms with Crippen molar-refractivity contribution < 1.29 is 13.2 Å². The van der Waals surface area contributed by atoms with E-state index in [4.69, 9.17) is 0 Å². The minimum Gasteiger partial charge on any atom is -0.326 e. The molecule has 0 unspecified atom stereocenters. The molecule has 2 aromatic rings. The van der Waals surface area contributed by atoms with Crippen LogP contribution in [0.1, 0.15) is 23.1 Å². The van der Waals surface area contributed by atoms with Gasteiger partial charge in [-0.05, 0) is 37.1 Å². The Labute approximate surface area is 149 Å². The first-order valence-corrected chi connectivity index (χ1v) is 9.96. The predicted molar refractivity (Wildman–Crippen MR) is 101 cm³/mol. The molecule has 0 aliphatic heterocycles. The molecule has 0 radical (unpaired) electrons. The summed E-state index contributed by atoms with van der Waals surface area (Å²) in [5, 5.41) is 2.80. The van der Waals surface area contributed by atoms with Gasteiger partial charge in [-0.25, -0.2) is 8.42 Å². The Morgan fingerprint density at radius 2 is 1.68 bits per heavy atom. The molecule has 2 aromatic carbocycles. The first kappa shape index (κ1) is 19.1. The molecule has 5 nitrogen and oxygen atoms in total. The molecule has 0 aliphatic rings. The van der Waals surface area contributed by atoms with Crippen LogP contribution >= 0.6 is 0 Å². The van der Waals surface area contributed by atoms with Gasteiger partial charge in [0, 0.05) is 25.2 Å². The van der Waals surface area contributed by atoms with E-state index in [0.29, 0.717) is 0 Å². The number of nitrogens with one attached hydrogen (secondary N) is 1. The van der Waals surface area contributed by atoms with Crippen molar-refractivity contribution in [2.45, 2.75) is 26.8 Å². The van der Waals surface area contributed by atoms with Crippen LogP contribution in [0, 0.1) is 13.8 Å². The number of hydrogen-bond acceptors (Lipinski definition) is 3. The Morgan fingerprint density at radius 3 is 2.28 bits per heavy atom. The fourth-order valence-electron chi connectivity index (χ4n) is 2.55. The van der Waals surface area contributed by atoms with Crippen molar-refractivity contribution in [1.29, 1.82) is 0 Å². The van der Waals surface area contributed by atoms with Crippen molar-refractivity contribution in [2.75, 3.05) is 18.1 Å². The molecule has 1 N–H and O–H groups in total. The molecule has 0 atom stereocenters. The summed E-state index contributed by atoms with van der Waals surface area (Å²) in [5.74, 6) is -0.205. The standard InChI is InChI=1S/C19H24N2O3S/c1-15-6-4-8-17(12-15)14-21(25(3,23)24)11-10-19(22)20-18-9-5-7-16(2)13-18/h4-9,12-13H,10-11,14H2,1-3H3,(H,20,22). The minimum atomic E-state index is -3.40. The highest BCUT2D eigenvalue weighted by Crippen LogP contribution is 2.13. The summed E-state index contributed by atoms with van der Waals surface area (Å²) in [6.07, 6.45) is 1.27. The summed E-state index contributed by atoms with van der Waals surface area (Å²) in [7, 11) is -3.40. The highest BCUT2D eigenvalue weighted by Gasteiger charge is 2.18. The van der Waals surface area contributed by atoms with E-state index in [2.05, 4.69) is 5.32 Å². The molecule has 2 rings (SSSR count). The number of rotatable bonds is 7. The number of benzene rings is 2. The third kappa shape index (κ3) is 6.32. The number of amides is 1. The molecule has 0 saturated heterocycles. The number of anilines is 1. The number of nitrogens with zero attached hydrogens (tertiary/aromatic N) is 1. The quantitative estimate of drug-likeness (QED) is 0.825. The minimum absolute atomic E-state index is 0.104. The zero-order valence-electron chi connectivity index (χ0n) is 14.8. The maximum absolute atomic E-state index is 12.1. The summed E-state index contributed by atoms with van der Waals surface area (Å²) in [5.41, 5.74) is 3.75. The number of carbonyl (C=O) groups excluding carboxylic acids is 1. The normalized spacial score (nSPS) is 11.5. The maximum atomic E-state index is 12.1.